The molecule has 134 valence electrons. The maximum Gasteiger partial charge on any atom is 0.573 e. The summed E-state index contributed by atoms with van der Waals surface area (Å²) in [4.78, 5) is 11.9. The van der Waals surface area contributed by atoms with Crippen LogP contribution in [0.5, 0.6) is 5.75 Å². The number of ether oxygens (including phenoxy) is 1. The van der Waals surface area contributed by atoms with Crippen molar-refractivity contribution in [2.75, 3.05) is 0 Å². The zero-order valence-electron chi connectivity index (χ0n) is 13.2. The second kappa shape index (κ2) is 7.87. The number of carbonyl (C=O) groups is 1. The SMILES string of the molecule is CC(NC(=O)NCc1ccccc1OC(F)(F)F)c1ccc(F)cc1. The van der Waals surface area contributed by atoms with E-state index in [1.54, 1.807) is 13.0 Å². The van der Waals surface area contributed by atoms with Crippen LogP contribution in [0.3, 0.4) is 0 Å². The Morgan fingerprint density at radius 1 is 1.12 bits per heavy atom. The second-order valence-electron chi connectivity index (χ2n) is 5.26. The van der Waals surface area contributed by atoms with E-state index in [1.165, 1.54) is 42.5 Å². The summed E-state index contributed by atoms with van der Waals surface area (Å²) in [6, 6.07) is 10.2. The van der Waals surface area contributed by atoms with Gasteiger partial charge in [-0.25, -0.2) is 9.18 Å². The molecular formula is C17H16F4N2O2. The minimum atomic E-state index is -4.81. The predicted octanol–water partition coefficient (Wildman–Crippen LogP) is 4.28. The molecule has 2 rings (SSSR count). The van der Waals surface area contributed by atoms with Crippen LogP contribution in [-0.4, -0.2) is 12.4 Å². The summed E-state index contributed by atoms with van der Waals surface area (Å²) in [5, 5.41) is 5.08. The average Bonchev–Trinajstić information content (AvgIpc) is 2.53. The molecule has 2 amide bonds. The van der Waals surface area contributed by atoms with Crippen molar-refractivity contribution in [1.82, 2.24) is 10.6 Å². The minimum absolute atomic E-state index is 0.145. The van der Waals surface area contributed by atoms with Crippen molar-refractivity contribution in [3.05, 3.63) is 65.5 Å². The van der Waals surface area contributed by atoms with Gasteiger partial charge < -0.3 is 15.4 Å². The van der Waals surface area contributed by atoms with E-state index in [1.807, 2.05) is 0 Å². The van der Waals surface area contributed by atoms with Gasteiger partial charge in [0.1, 0.15) is 11.6 Å². The van der Waals surface area contributed by atoms with Crippen molar-refractivity contribution < 1.29 is 27.1 Å². The average molecular weight is 356 g/mol. The molecule has 0 heterocycles. The van der Waals surface area contributed by atoms with E-state index in [9.17, 15) is 22.4 Å². The number of carbonyl (C=O) groups excluding carboxylic acids is 1. The zero-order chi connectivity index (χ0) is 18.4. The number of alkyl halides is 3. The molecule has 0 bridgehead atoms. The van der Waals surface area contributed by atoms with Gasteiger partial charge in [-0.3, -0.25) is 0 Å². The number of hydrogen-bond acceptors (Lipinski definition) is 2. The third-order valence-corrected chi connectivity index (χ3v) is 3.36. The first kappa shape index (κ1) is 18.6. The fraction of sp³-hybridized carbons (Fsp3) is 0.235. The number of halogens is 4. The van der Waals surface area contributed by atoms with Gasteiger partial charge in [-0.1, -0.05) is 30.3 Å². The lowest BCUT2D eigenvalue weighted by Crippen LogP contribution is -2.36. The van der Waals surface area contributed by atoms with Crippen LogP contribution in [-0.2, 0) is 6.54 Å². The number of urea groups is 1. The monoisotopic (exact) mass is 356 g/mol. The fourth-order valence-electron chi connectivity index (χ4n) is 2.13. The quantitative estimate of drug-likeness (QED) is 0.786. The summed E-state index contributed by atoms with van der Waals surface area (Å²) >= 11 is 0. The number of rotatable bonds is 5. The van der Waals surface area contributed by atoms with E-state index in [-0.39, 0.29) is 23.7 Å². The molecule has 0 aliphatic rings. The fourth-order valence-corrected chi connectivity index (χ4v) is 2.13. The topological polar surface area (TPSA) is 50.4 Å². The van der Waals surface area contributed by atoms with Crippen LogP contribution in [0.25, 0.3) is 0 Å². The van der Waals surface area contributed by atoms with Crippen molar-refractivity contribution in [1.29, 1.82) is 0 Å². The van der Waals surface area contributed by atoms with Crippen molar-refractivity contribution in [3.8, 4) is 5.75 Å². The Morgan fingerprint density at radius 2 is 1.76 bits per heavy atom. The molecule has 2 N–H and O–H groups in total. The van der Waals surface area contributed by atoms with Crippen molar-refractivity contribution in [2.24, 2.45) is 0 Å². The Morgan fingerprint density at radius 3 is 2.40 bits per heavy atom. The highest BCUT2D eigenvalue weighted by atomic mass is 19.4. The van der Waals surface area contributed by atoms with Crippen molar-refractivity contribution >= 4 is 6.03 Å². The molecule has 8 heteroatoms. The molecular weight excluding hydrogens is 340 g/mol. The lowest BCUT2D eigenvalue weighted by Gasteiger charge is -2.16. The Balaban J connectivity index is 1.93. The van der Waals surface area contributed by atoms with Gasteiger partial charge in [-0.2, -0.15) is 0 Å². The van der Waals surface area contributed by atoms with Crippen LogP contribution in [0, 0.1) is 5.82 Å². The largest absolute Gasteiger partial charge is 0.573 e. The van der Waals surface area contributed by atoms with E-state index in [4.69, 9.17) is 0 Å². The third-order valence-electron chi connectivity index (χ3n) is 3.36. The maximum atomic E-state index is 12.9. The number of hydrogen-bond donors (Lipinski definition) is 2. The van der Waals surface area contributed by atoms with Crippen LogP contribution in [0.15, 0.2) is 48.5 Å². The smallest absolute Gasteiger partial charge is 0.405 e. The number of amides is 2. The molecule has 0 spiro atoms. The summed E-state index contributed by atoms with van der Waals surface area (Å²) in [6.45, 7) is 1.56. The Hall–Kier alpha value is -2.77. The first-order chi connectivity index (χ1) is 11.7. The lowest BCUT2D eigenvalue weighted by molar-refractivity contribution is -0.274. The summed E-state index contributed by atoms with van der Waals surface area (Å²) in [5.74, 6) is -0.761. The number of benzene rings is 2. The van der Waals surface area contributed by atoms with Gasteiger partial charge in [0, 0.05) is 12.1 Å². The standard InChI is InChI=1S/C17H16F4N2O2/c1-11(12-6-8-14(18)9-7-12)23-16(24)22-10-13-4-2-3-5-15(13)25-17(19,20)21/h2-9,11H,10H2,1H3,(H2,22,23,24). The predicted molar refractivity (Wildman–Crippen MR) is 83.3 cm³/mol. The zero-order valence-corrected chi connectivity index (χ0v) is 13.2. The van der Waals surface area contributed by atoms with E-state index in [2.05, 4.69) is 15.4 Å². The molecule has 1 unspecified atom stereocenters. The Labute approximate surface area is 141 Å². The second-order valence-corrected chi connectivity index (χ2v) is 5.26. The van der Waals surface area contributed by atoms with Crippen molar-refractivity contribution in [2.45, 2.75) is 25.9 Å². The molecule has 0 saturated carbocycles. The molecule has 0 saturated heterocycles. The lowest BCUT2D eigenvalue weighted by atomic mass is 10.1. The van der Waals surface area contributed by atoms with E-state index in [0.29, 0.717) is 5.56 Å². The van der Waals surface area contributed by atoms with Gasteiger partial charge in [0.25, 0.3) is 0 Å². The molecule has 1 atom stereocenters. The van der Waals surface area contributed by atoms with E-state index < -0.39 is 18.4 Å². The van der Waals surface area contributed by atoms with Crippen LogP contribution >= 0.6 is 0 Å². The first-order valence-electron chi connectivity index (χ1n) is 7.38. The van der Waals surface area contributed by atoms with Gasteiger partial charge in [-0.05, 0) is 30.7 Å². The van der Waals surface area contributed by atoms with Gasteiger partial charge in [0.05, 0.1) is 6.04 Å². The van der Waals surface area contributed by atoms with Crippen LogP contribution < -0.4 is 15.4 Å². The highest BCUT2D eigenvalue weighted by molar-refractivity contribution is 5.74. The summed E-state index contributed by atoms with van der Waals surface area (Å²) < 4.78 is 53.9. The molecule has 0 aromatic heterocycles. The van der Waals surface area contributed by atoms with Crippen LogP contribution in [0.1, 0.15) is 24.1 Å². The van der Waals surface area contributed by atoms with Gasteiger partial charge in [0.2, 0.25) is 0 Å². The summed E-state index contributed by atoms with van der Waals surface area (Å²) in [6.07, 6.45) is -4.81. The molecule has 0 aliphatic carbocycles. The molecule has 2 aromatic carbocycles. The highest BCUT2D eigenvalue weighted by Gasteiger charge is 2.31. The summed E-state index contributed by atoms with van der Waals surface area (Å²) in [5.41, 5.74) is 0.877. The minimum Gasteiger partial charge on any atom is -0.405 e. The normalized spacial score (nSPS) is 12.4. The van der Waals surface area contributed by atoms with Crippen molar-refractivity contribution in [3.63, 3.8) is 0 Å². The third kappa shape index (κ3) is 5.98. The van der Waals surface area contributed by atoms with Crippen LogP contribution in [0.4, 0.5) is 22.4 Å². The molecule has 25 heavy (non-hydrogen) atoms. The molecule has 0 radical (unpaired) electrons. The van der Waals surface area contributed by atoms with Gasteiger partial charge in [0.15, 0.2) is 0 Å². The molecule has 0 fully saturated rings. The van der Waals surface area contributed by atoms with E-state index in [0.717, 1.165) is 0 Å². The van der Waals surface area contributed by atoms with Gasteiger partial charge in [-0.15, -0.1) is 13.2 Å². The molecule has 2 aromatic rings. The molecule has 4 nitrogen and oxygen atoms in total. The molecule has 0 aliphatic heterocycles. The first-order valence-corrected chi connectivity index (χ1v) is 7.38. The summed E-state index contributed by atoms with van der Waals surface area (Å²) in [7, 11) is 0. The number of para-hydroxylation sites is 1. The number of nitrogens with one attached hydrogen (secondary N) is 2. The maximum absolute atomic E-state index is 12.9. The Kier molecular flexibility index (Phi) is 5.84. The van der Waals surface area contributed by atoms with E-state index >= 15 is 0 Å². The van der Waals surface area contributed by atoms with Crippen LogP contribution in [0.2, 0.25) is 0 Å². The highest BCUT2D eigenvalue weighted by Crippen LogP contribution is 2.26. The van der Waals surface area contributed by atoms with Gasteiger partial charge >= 0.3 is 12.4 Å². The Bertz CT molecular complexity index is 717.